The molecule has 4 nitrogen and oxygen atoms in total. The van der Waals surface area contributed by atoms with E-state index in [0.29, 0.717) is 6.42 Å². The smallest absolute Gasteiger partial charge is 0.327 e. The van der Waals surface area contributed by atoms with Crippen LogP contribution >= 0.6 is 23.1 Å². The summed E-state index contributed by atoms with van der Waals surface area (Å²) in [4.78, 5) is 27.6. The minimum Gasteiger partial charge on any atom is -0.457 e. The van der Waals surface area contributed by atoms with Gasteiger partial charge in [-0.2, -0.15) is 11.3 Å². The molecule has 0 amide bonds. The quantitative estimate of drug-likeness (QED) is 0.220. The fourth-order valence-electron chi connectivity index (χ4n) is 4.57. The van der Waals surface area contributed by atoms with Crippen LogP contribution in [0, 0.1) is 6.92 Å². The van der Waals surface area contributed by atoms with Crippen molar-refractivity contribution in [2.24, 2.45) is 0 Å². The van der Waals surface area contributed by atoms with E-state index in [1.807, 2.05) is 19.1 Å². The van der Waals surface area contributed by atoms with Crippen LogP contribution in [0.15, 0.2) is 33.9 Å². The Morgan fingerprint density at radius 2 is 1.97 bits per heavy atom. The number of aliphatic hydroxyl groups excluding tert-OH is 1. The largest absolute Gasteiger partial charge is 0.457 e. The first kappa shape index (κ1) is 27.0. The van der Waals surface area contributed by atoms with Crippen molar-refractivity contribution in [3.8, 4) is 0 Å². The first-order chi connectivity index (χ1) is 16.1. The van der Waals surface area contributed by atoms with E-state index in [1.165, 1.54) is 17.3 Å². The van der Waals surface area contributed by atoms with E-state index in [2.05, 4.69) is 44.5 Å². The average Bonchev–Trinajstić information content (AvgIpc) is 3.28. The standard InChI is InChI=1S/C28H38O4S2/c1-6-7-8-11-28(12-9-20-10-13-33-18-20)16-23(30)25(26(31)32-28)34-24-14-19(2)21(17-29)15-22(24)27(3,4)5/h10,13-15,18,25,29H,6-9,11-12,16-17H2,1-5H3/t25?,28-/m0/s1. The van der Waals surface area contributed by atoms with Crippen molar-refractivity contribution >= 4 is 34.9 Å². The number of unbranched alkanes of at least 4 members (excludes halogenated alkanes) is 2. The summed E-state index contributed by atoms with van der Waals surface area (Å²) in [5, 5.41) is 13.1. The Bertz CT molecular complexity index is 971. The number of esters is 1. The number of benzene rings is 1. The van der Waals surface area contributed by atoms with E-state index in [9.17, 15) is 14.7 Å². The number of cyclic esters (lactones) is 1. The molecule has 1 aromatic heterocycles. The maximum Gasteiger partial charge on any atom is 0.327 e. The van der Waals surface area contributed by atoms with Gasteiger partial charge >= 0.3 is 5.97 Å². The maximum absolute atomic E-state index is 13.4. The van der Waals surface area contributed by atoms with Crippen LogP contribution in [0.3, 0.4) is 0 Å². The van der Waals surface area contributed by atoms with Crippen molar-refractivity contribution in [1.29, 1.82) is 0 Å². The number of ketones is 1. The third kappa shape index (κ3) is 6.52. The molecule has 6 heteroatoms. The fraction of sp³-hybridized carbons (Fsp3) is 0.571. The fourth-order valence-corrected chi connectivity index (χ4v) is 6.63. The van der Waals surface area contributed by atoms with Gasteiger partial charge in [-0.15, -0.1) is 11.8 Å². The first-order valence-electron chi connectivity index (χ1n) is 12.3. The van der Waals surface area contributed by atoms with Gasteiger partial charge in [0.15, 0.2) is 11.0 Å². The van der Waals surface area contributed by atoms with Gasteiger partial charge in [0.2, 0.25) is 0 Å². The molecule has 186 valence electrons. The molecular weight excluding hydrogens is 464 g/mol. The van der Waals surface area contributed by atoms with Gasteiger partial charge in [-0.1, -0.05) is 46.6 Å². The highest BCUT2D eigenvalue weighted by Crippen LogP contribution is 2.42. The van der Waals surface area contributed by atoms with Crippen LogP contribution < -0.4 is 0 Å². The summed E-state index contributed by atoms with van der Waals surface area (Å²) in [5.74, 6) is -0.446. The number of thioether (sulfide) groups is 1. The minimum absolute atomic E-state index is 0.0331. The molecule has 1 fully saturated rings. The lowest BCUT2D eigenvalue weighted by Crippen LogP contribution is -2.49. The van der Waals surface area contributed by atoms with Gasteiger partial charge in [0.05, 0.1) is 6.61 Å². The van der Waals surface area contributed by atoms with Gasteiger partial charge in [0.1, 0.15) is 5.60 Å². The van der Waals surface area contributed by atoms with Crippen LogP contribution in [-0.2, 0) is 32.8 Å². The van der Waals surface area contributed by atoms with E-state index < -0.39 is 16.8 Å². The highest BCUT2D eigenvalue weighted by Gasteiger charge is 2.47. The normalized spacial score (nSPS) is 21.1. The number of aryl methyl sites for hydroxylation is 2. The number of thiophene rings is 1. The van der Waals surface area contributed by atoms with Crippen molar-refractivity contribution in [3.63, 3.8) is 0 Å². The lowest BCUT2D eigenvalue weighted by atomic mass is 9.83. The van der Waals surface area contributed by atoms with E-state index >= 15 is 0 Å². The Labute approximate surface area is 212 Å². The lowest BCUT2D eigenvalue weighted by molar-refractivity contribution is -0.171. The third-order valence-corrected chi connectivity index (χ3v) is 8.68. The van der Waals surface area contributed by atoms with Crippen LogP contribution in [0.25, 0.3) is 0 Å². The Morgan fingerprint density at radius 3 is 2.56 bits per heavy atom. The number of rotatable bonds is 10. The highest BCUT2D eigenvalue weighted by atomic mass is 32.2. The predicted octanol–water partition coefficient (Wildman–Crippen LogP) is 6.77. The number of aliphatic hydroxyl groups is 1. The average molecular weight is 503 g/mol. The molecule has 1 N–H and O–H groups in total. The molecule has 0 saturated carbocycles. The molecular formula is C28H38O4S2. The Balaban J connectivity index is 1.83. The molecule has 1 aliphatic heterocycles. The molecule has 1 saturated heterocycles. The van der Waals surface area contributed by atoms with Gasteiger partial charge in [0, 0.05) is 11.3 Å². The van der Waals surface area contributed by atoms with Crippen molar-refractivity contribution in [3.05, 3.63) is 51.2 Å². The summed E-state index contributed by atoms with van der Waals surface area (Å²) in [7, 11) is 0. The van der Waals surface area contributed by atoms with Gasteiger partial charge in [-0.3, -0.25) is 9.59 Å². The number of ether oxygens (including phenoxy) is 1. The molecule has 0 bridgehead atoms. The number of Topliss-reactive ketones (excluding diaryl/α,β-unsaturated/α-hetero) is 1. The molecule has 2 atom stereocenters. The molecule has 1 aliphatic rings. The summed E-state index contributed by atoms with van der Waals surface area (Å²) >= 11 is 2.97. The molecule has 3 rings (SSSR count). The van der Waals surface area contributed by atoms with Crippen molar-refractivity contribution in [1.82, 2.24) is 0 Å². The second-order valence-corrected chi connectivity index (χ2v) is 12.4. The zero-order chi connectivity index (χ0) is 24.9. The third-order valence-electron chi connectivity index (χ3n) is 6.67. The first-order valence-corrected chi connectivity index (χ1v) is 14.1. The second-order valence-electron chi connectivity index (χ2n) is 10.5. The zero-order valence-corrected chi connectivity index (χ0v) is 22.7. The summed E-state index contributed by atoms with van der Waals surface area (Å²) in [5.41, 5.74) is 3.20. The van der Waals surface area contributed by atoms with Crippen molar-refractivity contribution in [2.75, 3.05) is 0 Å². The van der Waals surface area contributed by atoms with Gasteiger partial charge < -0.3 is 9.84 Å². The molecule has 1 unspecified atom stereocenters. The van der Waals surface area contributed by atoms with E-state index in [-0.39, 0.29) is 24.2 Å². The SMILES string of the molecule is CCCCC[C@]1(CCc2ccsc2)CC(=O)C(Sc2cc(C)c(CO)cc2C(C)(C)C)C(=O)O1. The highest BCUT2D eigenvalue weighted by molar-refractivity contribution is 8.01. The number of carbonyl (C=O) groups excluding carboxylic acids is 2. The van der Waals surface area contributed by atoms with Crippen molar-refractivity contribution < 1.29 is 19.4 Å². The number of hydrogen-bond donors (Lipinski definition) is 1. The van der Waals surface area contributed by atoms with Crippen LogP contribution in [-0.4, -0.2) is 27.7 Å². The molecule has 34 heavy (non-hydrogen) atoms. The van der Waals surface area contributed by atoms with E-state index in [4.69, 9.17) is 4.74 Å². The minimum atomic E-state index is -0.846. The van der Waals surface area contributed by atoms with Crippen LogP contribution in [0.1, 0.15) is 88.5 Å². The predicted molar refractivity (Wildman–Crippen MR) is 141 cm³/mol. The van der Waals surface area contributed by atoms with Crippen LogP contribution in [0.5, 0.6) is 0 Å². The zero-order valence-electron chi connectivity index (χ0n) is 21.1. The monoisotopic (exact) mass is 502 g/mol. The second kappa shape index (κ2) is 11.4. The van der Waals surface area contributed by atoms with Crippen LogP contribution in [0.4, 0.5) is 0 Å². The summed E-state index contributed by atoms with van der Waals surface area (Å²) in [6.07, 6.45) is 5.60. The molecule has 2 heterocycles. The summed E-state index contributed by atoms with van der Waals surface area (Å²) in [6, 6.07) is 6.10. The topological polar surface area (TPSA) is 63.6 Å². The number of carbonyl (C=O) groups is 2. The summed E-state index contributed by atoms with van der Waals surface area (Å²) in [6.45, 7) is 10.4. The Hall–Kier alpha value is -1.63. The Kier molecular flexibility index (Phi) is 9.04. The van der Waals surface area contributed by atoms with Crippen LogP contribution in [0.2, 0.25) is 0 Å². The van der Waals surface area contributed by atoms with Crippen molar-refractivity contribution in [2.45, 2.75) is 107 Å². The van der Waals surface area contributed by atoms with Gasteiger partial charge in [-0.25, -0.2) is 0 Å². The van der Waals surface area contributed by atoms with E-state index in [0.717, 1.165) is 53.7 Å². The molecule has 0 aliphatic carbocycles. The molecule has 0 radical (unpaired) electrons. The van der Waals surface area contributed by atoms with Gasteiger partial charge in [0.25, 0.3) is 0 Å². The molecule has 1 aromatic carbocycles. The maximum atomic E-state index is 13.4. The molecule has 0 spiro atoms. The number of hydrogen-bond acceptors (Lipinski definition) is 6. The van der Waals surface area contributed by atoms with E-state index in [1.54, 1.807) is 11.3 Å². The molecule has 2 aromatic rings. The Morgan fingerprint density at radius 1 is 1.21 bits per heavy atom. The summed E-state index contributed by atoms with van der Waals surface area (Å²) < 4.78 is 6.16. The van der Waals surface area contributed by atoms with Gasteiger partial charge in [-0.05, 0) is 83.2 Å². The lowest BCUT2D eigenvalue weighted by Gasteiger charge is -2.39.